The van der Waals surface area contributed by atoms with Crippen molar-refractivity contribution in [2.45, 2.75) is 6.42 Å². The van der Waals surface area contributed by atoms with Crippen molar-refractivity contribution >= 4 is 11.8 Å². The maximum Gasteiger partial charge on any atom is 0.272 e. The third-order valence-corrected chi connectivity index (χ3v) is 3.07. The van der Waals surface area contributed by atoms with Crippen LogP contribution in [0.25, 0.3) is 0 Å². The number of likely N-dealkylation sites (N-methyl/N-ethyl adjacent to an activating group) is 1. The molecule has 0 radical (unpaired) electrons. The summed E-state index contributed by atoms with van der Waals surface area (Å²) >= 11 is 0. The van der Waals surface area contributed by atoms with E-state index in [2.05, 4.69) is 4.98 Å². The lowest BCUT2D eigenvalue weighted by atomic mass is 10.2. The molecule has 2 rings (SSSR count). The first kappa shape index (κ1) is 13.0. The highest BCUT2D eigenvalue weighted by Crippen LogP contribution is 2.08. The van der Waals surface area contributed by atoms with Crippen LogP contribution in [0.5, 0.6) is 0 Å². The van der Waals surface area contributed by atoms with E-state index in [0.717, 1.165) is 6.42 Å². The molecule has 98 valence electrons. The predicted molar refractivity (Wildman–Crippen MR) is 67.1 cm³/mol. The Bertz CT molecular complexity index is 533. The van der Waals surface area contributed by atoms with Crippen LogP contribution >= 0.6 is 0 Å². The summed E-state index contributed by atoms with van der Waals surface area (Å²) in [4.78, 5) is 31.0. The third kappa shape index (κ3) is 2.88. The van der Waals surface area contributed by atoms with E-state index in [0.29, 0.717) is 18.7 Å². The Balaban J connectivity index is 2.14. The number of nitrogens with zero attached hydrogens (tertiary/aromatic N) is 4. The summed E-state index contributed by atoms with van der Waals surface area (Å²) in [6.45, 7) is 1.27. The minimum atomic E-state index is -0.270. The Morgan fingerprint density at radius 3 is 2.84 bits per heavy atom. The summed E-state index contributed by atoms with van der Waals surface area (Å²) < 4.78 is 0. The molecule has 1 saturated heterocycles. The lowest BCUT2D eigenvalue weighted by Crippen LogP contribution is -2.38. The molecule has 1 aromatic rings. The zero-order valence-electron chi connectivity index (χ0n) is 10.7. The predicted octanol–water partition coefficient (Wildman–Crippen LogP) is 0.258. The van der Waals surface area contributed by atoms with E-state index in [-0.39, 0.29) is 24.1 Å². The van der Waals surface area contributed by atoms with Crippen molar-refractivity contribution < 1.29 is 9.59 Å². The van der Waals surface area contributed by atoms with Gasteiger partial charge in [-0.25, -0.2) is 4.98 Å². The summed E-state index contributed by atoms with van der Waals surface area (Å²) in [5.74, 6) is -0.340. The molecule has 0 bridgehead atoms. The largest absolute Gasteiger partial charge is 0.344 e. The number of hydrogen-bond acceptors (Lipinski definition) is 4. The molecule has 0 saturated carbocycles. The van der Waals surface area contributed by atoms with Gasteiger partial charge >= 0.3 is 0 Å². The molecule has 1 aliphatic heterocycles. The molecule has 1 aromatic heterocycles. The van der Waals surface area contributed by atoms with Gasteiger partial charge in [-0.05, 0) is 18.6 Å². The number of amides is 2. The van der Waals surface area contributed by atoms with E-state index in [9.17, 15) is 9.59 Å². The Morgan fingerprint density at radius 1 is 1.42 bits per heavy atom. The third-order valence-electron chi connectivity index (χ3n) is 3.07. The summed E-state index contributed by atoms with van der Waals surface area (Å²) in [5.41, 5.74) is 0.666. The molecule has 6 nitrogen and oxygen atoms in total. The van der Waals surface area contributed by atoms with Gasteiger partial charge in [-0.2, -0.15) is 5.26 Å². The molecule has 19 heavy (non-hydrogen) atoms. The van der Waals surface area contributed by atoms with E-state index in [1.807, 2.05) is 6.07 Å². The Labute approximate surface area is 111 Å². The molecule has 1 aliphatic rings. The number of hydrogen-bond donors (Lipinski definition) is 0. The van der Waals surface area contributed by atoms with Gasteiger partial charge in [0.15, 0.2) is 0 Å². The van der Waals surface area contributed by atoms with Gasteiger partial charge in [0.05, 0.1) is 5.56 Å². The smallest absolute Gasteiger partial charge is 0.272 e. The lowest BCUT2D eigenvalue weighted by Gasteiger charge is -2.19. The molecule has 2 heterocycles. The number of carbonyl (C=O) groups is 2. The first-order chi connectivity index (χ1) is 9.11. The standard InChI is InChI=1S/C13H14N4O2/c1-16-5-2-6-17(9-12(16)18)13(19)11-4-3-10(7-14)8-15-11/h3-4,8H,2,5-6,9H2,1H3. The Kier molecular flexibility index (Phi) is 3.76. The molecule has 1 fully saturated rings. The normalized spacial score (nSPS) is 15.9. The number of rotatable bonds is 1. The fourth-order valence-electron chi connectivity index (χ4n) is 1.91. The summed E-state index contributed by atoms with van der Waals surface area (Å²) in [6, 6.07) is 5.01. The molecule has 0 unspecified atom stereocenters. The molecule has 0 N–H and O–H groups in total. The van der Waals surface area contributed by atoms with Crippen molar-refractivity contribution in [3.63, 3.8) is 0 Å². The zero-order chi connectivity index (χ0) is 13.8. The topological polar surface area (TPSA) is 77.3 Å². The van der Waals surface area contributed by atoms with Gasteiger partial charge in [0.1, 0.15) is 18.3 Å². The molecule has 0 aromatic carbocycles. The highest BCUT2D eigenvalue weighted by atomic mass is 16.2. The van der Waals surface area contributed by atoms with Crippen molar-refractivity contribution in [1.82, 2.24) is 14.8 Å². The minimum absolute atomic E-state index is 0.0699. The minimum Gasteiger partial charge on any atom is -0.344 e. The van der Waals surface area contributed by atoms with Gasteiger partial charge in [-0.1, -0.05) is 0 Å². The quantitative estimate of drug-likeness (QED) is 0.723. The molecule has 6 heteroatoms. The van der Waals surface area contributed by atoms with Gasteiger partial charge in [-0.15, -0.1) is 0 Å². The van der Waals surface area contributed by atoms with Crippen molar-refractivity contribution in [3.05, 3.63) is 29.6 Å². The zero-order valence-corrected chi connectivity index (χ0v) is 10.7. The van der Waals surface area contributed by atoms with E-state index in [4.69, 9.17) is 5.26 Å². The van der Waals surface area contributed by atoms with E-state index >= 15 is 0 Å². The number of pyridine rings is 1. The van der Waals surface area contributed by atoms with Crippen molar-refractivity contribution in [3.8, 4) is 6.07 Å². The monoisotopic (exact) mass is 258 g/mol. The number of nitriles is 1. The molecule has 0 atom stereocenters. The fourth-order valence-corrected chi connectivity index (χ4v) is 1.91. The second-order valence-electron chi connectivity index (χ2n) is 4.44. The average Bonchev–Trinajstić information content (AvgIpc) is 2.60. The van der Waals surface area contributed by atoms with Crippen LogP contribution in [0.4, 0.5) is 0 Å². The van der Waals surface area contributed by atoms with Crippen molar-refractivity contribution in [2.24, 2.45) is 0 Å². The maximum absolute atomic E-state index is 12.2. The maximum atomic E-state index is 12.2. The van der Waals surface area contributed by atoms with Gasteiger partial charge in [0, 0.05) is 26.3 Å². The highest BCUT2D eigenvalue weighted by molar-refractivity contribution is 5.95. The van der Waals surface area contributed by atoms with E-state index < -0.39 is 0 Å². The van der Waals surface area contributed by atoms with Crippen molar-refractivity contribution in [1.29, 1.82) is 5.26 Å². The first-order valence-electron chi connectivity index (χ1n) is 6.01. The molecular weight excluding hydrogens is 244 g/mol. The molecule has 0 spiro atoms. The SMILES string of the molecule is CN1CCCN(C(=O)c2ccc(C#N)cn2)CC1=O. The van der Waals surface area contributed by atoms with E-state index in [1.165, 1.54) is 17.2 Å². The van der Waals surface area contributed by atoms with Crippen LogP contribution in [0.3, 0.4) is 0 Å². The summed E-state index contributed by atoms with van der Waals surface area (Å²) in [7, 11) is 1.73. The lowest BCUT2D eigenvalue weighted by molar-refractivity contribution is -0.129. The molecular formula is C13H14N4O2. The first-order valence-corrected chi connectivity index (χ1v) is 6.01. The van der Waals surface area contributed by atoms with Crippen molar-refractivity contribution in [2.75, 3.05) is 26.7 Å². The average molecular weight is 258 g/mol. The number of carbonyl (C=O) groups excluding carboxylic acids is 2. The molecule has 2 amide bonds. The van der Waals surface area contributed by atoms with E-state index in [1.54, 1.807) is 18.0 Å². The fraction of sp³-hybridized carbons (Fsp3) is 0.385. The van der Waals surface area contributed by atoms with Gasteiger partial charge in [0.25, 0.3) is 5.91 Å². The summed E-state index contributed by atoms with van der Waals surface area (Å²) in [5, 5.41) is 8.68. The van der Waals surface area contributed by atoms with Gasteiger partial charge in [-0.3, -0.25) is 9.59 Å². The van der Waals surface area contributed by atoms with Crippen LogP contribution in [0.2, 0.25) is 0 Å². The second kappa shape index (κ2) is 5.48. The summed E-state index contributed by atoms with van der Waals surface area (Å²) in [6.07, 6.45) is 2.11. The van der Waals surface area contributed by atoms with Crippen LogP contribution in [-0.2, 0) is 4.79 Å². The van der Waals surface area contributed by atoms with Crippen LogP contribution in [0.15, 0.2) is 18.3 Å². The Morgan fingerprint density at radius 2 is 2.21 bits per heavy atom. The second-order valence-corrected chi connectivity index (χ2v) is 4.44. The van der Waals surface area contributed by atoms with Gasteiger partial charge in [0.2, 0.25) is 5.91 Å². The Hall–Kier alpha value is -2.42. The highest BCUT2D eigenvalue weighted by Gasteiger charge is 2.24. The van der Waals surface area contributed by atoms with Crippen LogP contribution in [0, 0.1) is 11.3 Å². The van der Waals surface area contributed by atoms with Crippen LogP contribution in [0.1, 0.15) is 22.5 Å². The van der Waals surface area contributed by atoms with Crippen LogP contribution in [-0.4, -0.2) is 53.3 Å². The molecule has 0 aliphatic carbocycles. The van der Waals surface area contributed by atoms with Gasteiger partial charge < -0.3 is 9.80 Å². The van der Waals surface area contributed by atoms with Crippen LogP contribution < -0.4 is 0 Å². The number of aromatic nitrogens is 1.